The molecule has 0 bridgehead atoms. The van der Waals surface area contributed by atoms with Crippen LogP contribution in [0.25, 0.3) is 11.0 Å². The minimum atomic E-state index is 0.525. The van der Waals surface area contributed by atoms with Crippen molar-refractivity contribution >= 4 is 16.9 Å². The first kappa shape index (κ1) is 13.4. The fourth-order valence-corrected chi connectivity index (χ4v) is 3.18. The van der Waals surface area contributed by atoms with Gasteiger partial charge < -0.3 is 10.6 Å². The summed E-state index contributed by atoms with van der Waals surface area (Å²) < 4.78 is 1.86. The molecule has 1 unspecified atom stereocenters. The van der Waals surface area contributed by atoms with Crippen molar-refractivity contribution in [3.8, 4) is 0 Å². The van der Waals surface area contributed by atoms with Gasteiger partial charge in [0.15, 0.2) is 5.65 Å². The molecule has 3 heterocycles. The van der Waals surface area contributed by atoms with Crippen molar-refractivity contribution in [2.24, 2.45) is 18.7 Å². The van der Waals surface area contributed by atoms with Gasteiger partial charge in [0, 0.05) is 37.6 Å². The largest absolute Gasteiger partial charge is 0.356 e. The van der Waals surface area contributed by atoms with E-state index in [1.807, 2.05) is 18.7 Å². The van der Waals surface area contributed by atoms with Crippen molar-refractivity contribution in [3.05, 3.63) is 17.3 Å². The number of anilines is 1. The number of nitrogens with zero attached hydrogens (tertiary/aromatic N) is 4. The number of pyridine rings is 1. The zero-order valence-corrected chi connectivity index (χ0v) is 12.6. The van der Waals surface area contributed by atoms with Gasteiger partial charge in [-0.15, -0.1) is 0 Å². The number of fused-ring (bicyclic) bond motifs is 1. The molecule has 1 atom stereocenters. The predicted octanol–water partition coefficient (Wildman–Crippen LogP) is 1.97. The van der Waals surface area contributed by atoms with Gasteiger partial charge in [-0.25, -0.2) is 4.98 Å². The number of nitrogens with two attached hydrogens (primary N) is 1. The Morgan fingerprint density at radius 2 is 2.25 bits per heavy atom. The van der Waals surface area contributed by atoms with Gasteiger partial charge >= 0.3 is 0 Å². The van der Waals surface area contributed by atoms with Gasteiger partial charge in [-0.2, -0.15) is 5.10 Å². The van der Waals surface area contributed by atoms with E-state index in [0.717, 1.165) is 47.1 Å². The Morgan fingerprint density at radius 3 is 2.95 bits per heavy atom. The zero-order valence-electron chi connectivity index (χ0n) is 12.6. The molecule has 5 heteroatoms. The van der Waals surface area contributed by atoms with E-state index in [9.17, 15) is 0 Å². The number of rotatable bonds is 2. The van der Waals surface area contributed by atoms with Crippen LogP contribution in [0.1, 0.15) is 31.0 Å². The summed E-state index contributed by atoms with van der Waals surface area (Å²) in [6, 6.07) is 2.17. The van der Waals surface area contributed by atoms with Gasteiger partial charge in [-0.05, 0) is 31.7 Å². The number of piperidine rings is 1. The molecular formula is C15H23N5. The molecule has 0 amide bonds. The Kier molecular flexibility index (Phi) is 3.38. The minimum absolute atomic E-state index is 0.525. The lowest BCUT2D eigenvalue weighted by atomic mass is 10.00. The second-order valence-corrected chi connectivity index (χ2v) is 5.95. The quantitative estimate of drug-likeness (QED) is 0.909. The molecule has 0 saturated carbocycles. The molecule has 2 aromatic rings. The highest BCUT2D eigenvalue weighted by Crippen LogP contribution is 2.28. The summed E-state index contributed by atoms with van der Waals surface area (Å²) in [5.41, 5.74) is 9.04. The molecular weight excluding hydrogens is 250 g/mol. The molecule has 5 nitrogen and oxygen atoms in total. The second-order valence-electron chi connectivity index (χ2n) is 5.95. The van der Waals surface area contributed by atoms with Gasteiger partial charge in [0.2, 0.25) is 0 Å². The van der Waals surface area contributed by atoms with Gasteiger partial charge in [-0.3, -0.25) is 4.68 Å². The number of hydrogen-bond acceptors (Lipinski definition) is 4. The van der Waals surface area contributed by atoms with Crippen LogP contribution in [0, 0.1) is 12.8 Å². The van der Waals surface area contributed by atoms with Crippen LogP contribution < -0.4 is 10.6 Å². The lowest BCUT2D eigenvalue weighted by Crippen LogP contribution is -2.35. The Bertz CT molecular complexity index is 631. The van der Waals surface area contributed by atoms with Crippen LogP contribution >= 0.6 is 0 Å². The van der Waals surface area contributed by atoms with Crippen LogP contribution in [0.5, 0.6) is 0 Å². The fourth-order valence-electron chi connectivity index (χ4n) is 3.18. The van der Waals surface area contributed by atoms with E-state index >= 15 is 0 Å². The van der Waals surface area contributed by atoms with E-state index in [1.54, 1.807) is 0 Å². The zero-order chi connectivity index (χ0) is 14.3. The SMILES string of the molecule is Cc1nn(C)c2nc(N3CCCC(C)C3)c(CN)cc12. The first-order chi connectivity index (χ1) is 9.60. The van der Waals surface area contributed by atoms with Crippen molar-refractivity contribution in [2.45, 2.75) is 33.2 Å². The van der Waals surface area contributed by atoms with Crippen molar-refractivity contribution in [3.63, 3.8) is 0 Å². The van der Waals surface area contributed by atoms with E-state index in [2.05, 4.69) is 23.0 Å². The average Bonchev–Trinajstić information content (AvgIpc) is 2.72. The van der Waals surface area contributed by atoms with Gasteiger partial charge in [-0.1, -0.05) is 6.92 Å². The second kappa shape index (κ2) is 5.05. The summed E-state index contributed by atoms with van der Waals surface area (Å²) in [6.07, 6.45) is 2.54. The molecule has 20 heavy (non-hydrogen) atoms. The van der Waals surface area contributed by atoms with Crippen LogP contribution in [-0.4, -0.2) is 27.9 Å². The maximum absolute atomic E-state index is 5.95. The van der Waals surface area contributed by atoms with Crippen LogP contribution in [-0.2, 0) is 13.6 Å². The van der Waals surface area contributed by atoms with Crippen molar-refractivity contribution in [2.75, 3.05) is 18.0 Å². The number of hydrogen-bond donors (Lipinski definition) is 1. The van der Waals surface area contributed by atoms with Crippen molar-refractivity contribution in [1.29, 1.82) is 0 Å². The van der Waals surface area contributed by atoms with Crippen molar-refractivity contribution in [1.82, 2.24) is 14.8 Å². The Morgan fingerprint density at radius 1 is 1.45 bits per heavy atom. The highest BCUT2D eigenvalue weighted by Gasteiger charge is 2.21. The molecule has 1 fully saturated rings. The monoisotopic (exact) mass is 273 g/mol. The molecule has 2 N–H and O–H groups in total. The van der Waals surface area contributed by atoms with Crippen LogP contribution in [0.4, 0.5) is 5.82 Å². The van der Waals surface area contributed by atoms with Gasteiger partial charge in [0.1, 0.15) is 5.82 Å². The van der Waals surface area contributed by atoms with E-state index in [-0.39, 0.29) is 0 Å². The Labute approximate surface area is 119 Å². The van der Waals surface area contributed by atoms with Gasteiger partial charge in [0.25, 0.3) is 0 Å². The highest BCUT2D eigenvalue weighted by atomic mass is 15.3. The first-order valence-electron chi connectivity index (χ1n) is 7.38. The lowest BCUT2D eigenvalue weighted by molar-refractivity contribution is 0.444. The summed E-state index contributed by atoms with van der Waals surface area (Å²) in [4.78, 5) is 7.26. The highest BCUT2D eigenvalue weighted by molar-refractivity contribution is 5.81. The van der Waals surface area contributed by atoms with E-state index in [4.69, 9.17) is 10.7 Å². The summed E-state index contributed by atoms with van der Waals surface area (Å²) in [5, 5.41) is 5.57. The summed E-state index contributed by atoms with van der Waals surface area (Å²) in [7, 11) is 1.95. The molecule has 2 aromatic heterocycles. The molecule has 0 aliphatic carbocycles. The van der Waals surface area contributed by atoms with E-state index < -0.39 is 0 Å². The maximum Gasteiger partial charge on any atom is 0.160 e. The third-order valence-electron chi connectivity index (χ3n) is 4.23. The standard InChI is InChI=1S/C15H23N5/c1-10-5-4-6-20(9-10)14-12(8-16)7-13-11(2)18-19(3)15(13)17-14/h7,10H,4-6,8-9,16H2,1-3H3. The van der Waals surface area contributed by atoms with E-state index in [0.29, 0.717) is 6.54 Å². The molecule has 1 aliphatic rings. The first-order valence-corrected chi connectivity index (χ1v) is 7.38. The molecule has 3 rings (SSSR count). The molecule has 1 saturated heterocycles. The number of aromatic nitrogens is 3. The topological polar surface area (TPSA) is 60.0 Å². The molecule has 0 spiro atoms. The van der Waals surface area contributed by atoms with Gasteiger partial charge in [0.05, 0.1) is 5.69 Å². The molecule has 108 valence electrons. The Balaban J connectivity index is 2.11. The van der Waals surface area contributed by atoms with Crippen LogP contribution in [0.3, 0.4) is 0 Å². The summed E-state index contributed by atoms with van der Waals surface area (Å²) in [6.45, 7) is 7.00. The molecule has 1 aliphatic heterocycles. The normalized spacial score (nSPS) is 19.8. The molecule has 0 radical (unpaired) electrons. The number of aryl methyl sites for hydroxylation is 2. The molecule has 0 aromatic carbocycles. The lowest BCUT2D eigenvalue weighted by Gasteiger charge is -2.33. The van der Waals surface area contributed by atoms with Crippen LogP contribution in [0.15, 0.2) is 6.07 Å². The fraction of sp³-hybridized carbons (Fsp3) is 0.600. The van der Waals surface area contributed by atoms with E-state index in [1.165, 1.54) is 12.8 Å². The predicted molar refractivity (Wildman–Crippen MR) is 81.7 cm³/mol. The Hall–Kier alpha value is -1.62. The van der Waals surface area contributed by atoms with Crippen LogP contribution in [0.2, 0.25) is 0 Å². The smallest absolute Gasteiger partial charge is 0.160 e. The third-order valence-corrected chi connectivity index (χ3v) is 4.23. The third kappa shape index (κ3) is 2.16. The minimum Gasteiger partial charge on any atom is -0.356 e. The average molecular weight is 273 g/mol. The summed E-state index contributed by atoms with van der Waals surface area (Å²) >= 11 is 0. The van der Waals surface area contributed by atoms with Crippen molar-refractivity contribution < 1.29 is 0 Å². The summed E-state index contributed by atoms with van der Waals surface area (Å²) in [5.74, 6) is 1.77. The maximum atomic E-state index is 5.95.